The number of carbonyl (C=O) groups is 2. The number of sulfone groups is 1. The van der Waals surface area contributed by atoms with Gasteiger partial charge in [0.2, 0.25) is 0 Å². The van der Waals surface area contributed by atoms with Crippen LogP contribution in [0.1, 0.15) is 18.4 Å². The van der Waals surface area contributed by atoms with Crippen molar-refractivity contribution in [1.29, 1.82) is 0 Å². The molecular formula is C21H17F3N4O4S. The molecule has 4 rings (SSSR count). The largest absolute Gasteiger partial charge is 0.501 e. The molecular weight excluding hydrogens is 461 g/mol. The topological polar surface area (TPSA) is 122 Å². The van der Waals surface area contributed by atoms with Gasteiger partial charge < -0.3 is 11.1 Å². The van der Waals surface area contributed by atoms with E-state index in [1.165, 1.54) is 0 Å². The quantitative estimate of drug-likeness (QED) is 0.438. The second-order valence-corrected chi connectivity index (χ2v) is 9.42. The number of nitrogen functional groups attached to an aromatic ring is 1. The number of nitrogens with two attached hydrogens (primary N) is 1. The van der Waals surface area contributed by atoms with Gasteiger partial charge in [-0.2, -0.15) is 13.2 Å². The highest BCUT2D eigenvalue weighted by molar-refractivity contribution is 7.92. The van der Waals surface area contributed by atoms with Crippen LogP contribution in [0.5, 0.6) is 0 Å². The number of carbonyl (C=O) groups excluding carboxylic acids is 2. The van der Waals surface area contributed by atoms with Crippen LogP contribution in [-0.4, -0.2) is 36.9 Å². The van der Waals surface area contributed by atoms with Crippen molar-refractivity contribution in [3.8, 4) is 0 Å². The number of urea groups is 1. The third-order valence-corrected chi connectivity index (χ3v) is 7.00. The lowest BCUT2D eigenvalue weighted by atomic mass is 9.90. The number of imide groups is 1. The number of hydrogen-bond acceptors (Lipinski definition) is 6. The van der Waals surface area contributed by atoms with E-state index in [0.717, 1.165) is 17.0 Å². The number of alkyl halides is 3. The summed E-state index contributed by atoms with van der Waals surface area (Å²) in [6.07, 6.45) is 1.56. The summed E-state index contributed by atoms with van der Waals surface area (Å²) in [5.41, 5.74) is 2.33. The zero-order valence-corrected chi connectivity index (χ0v) is 17.8. The first kappa shape index (κ1) is 22.5. The van der Waals surface area contributed by atoms with Crippen LogP contribution in [-0.2, 0) is 14.6 Å². The maximum atomic E-state index is 13.1. The van der Waals surface area contributed by atoms with Crippen LogP contribution in [0.4, 0.5) is 29.3 Å². The lowest BCUT2D eigenvalue weighted by Gasteiger charge is -2.20. The monoisotopic (exact) mass is 478 g/mol. The van der Waals surface area contributed by atoms with Crippen molar-refractivity contribution in [1.82, 2.24) is 10.3 Å². The first-order valence-corrected chi connectivity index (χ1v) is 11.1. The summed E-state index contributed by atoms with van der Waals surface area (Å²) >= 11 is 0. The minimum absolute atomic E-state index is 0.0626. The number of amides is 3. The number of aromatic nitrogens is 1. The van der Waals surface area contributed by atoms with Gasteiger partial charge in [0.15, 0.2) is 0 Å². The molecule has 1 saturated heterocycles. The number of pyridine rings is 1. The van der Waals surface area contributed by atoms with E-state index < -0.39 is 44.1 Å². The van der Waals surface area contributed by atoms with Gasteiger partial charge >= 0.3 is 11.5 Å². The summed E-state index contributed by atoms with van der Waals surface area (Å²) in [7, 11) is -5.55. The molecule has 2 atom stereocenters. The maximum Gasteiger partial charge on any atom is 0.501 e. The van der Waals surface area contributed by atoms with Crippen LogP contribution in [0.15, 0.2) is 59.6 Å². The van der Waals surface area contributed by atoms with Crippen LogP contribution < -0.4 is 16.0 Å². The number of rotatable bonds is 4. The fourth-order valence-electron chi connectivity index (χ4n) is 3.81. The molecule has 8 nitrogen and oxygen atoms in total. The van der Waals surface area contributed by atoms with E-state index in [1.54, 1.807) is 37.4 Å². The van der Waals surface area contributed by atoms with E-state index in [9.17, 15) is 31.2 Å². The Bertz CT molecular complexity index is 1370. The first-order valence-electron chi connectivity index (χ1n) is 9.62. The minimum Gasteiger partial charge on any atom is -0.398 e. The number of nitrogens with zero attached hydrogens (tertiary/aromatic N) is 2. The van der Waals surface area contributed by atoms with E-state index in [2.05, 4.69) is 10.3 Å². The molecule has 1 aliphatic rings. The van der Waals surface area contributed by atoms with Crippen LogP contribution >= 0.6 is 0 Å². The predicted molar refractivity (Wildman–Crippen MR) is 114 cm³/mol. The molecule has 12 heteroatoms. The van der Waals surface area contributed by atoms with Crippen molar-refractivity contribution in [3.05, 3.63) is 60.3 Å². The van der Waals surface area contributed by atoms with Crippen LogP contribution in [0.25, 0.3) is 10.9 Å². The van der Waals surface area contributed by atoms with E-state index in [1.807, 2.05) is 0 Å². The van der Waals surface area contributed by atoms with Gasteiger partial charge in [-0.25, -0.2) is 18.1 Å². The molecule has 2 aromatic carbocycles. The van der Waals surface area contributed by atoms with Crippen molar-refractivity contribution in [3.63, 3.8) is 0 Å². The molecule has 1 aromatic heterocycles. The van der Waals surface area contributed by atoms with Crippen molar-refractivity contribution in [2.45, 2.75) is 29.3 Å². The Kier molecular flexibility index (Phi) is 5.27. The van der Waals surface area contributed by atoms with Crippen LogP contribution in [0.2, 0.25) is 0 Å². The number of anilines is 2. The van der Waals surface area contributed by atoms with Crippen LogP contribution in [0, 0.1) is 0 Å². The molecule has 2 heterocycles. The molecule has 3 N–H and O–H groups in total. The lowest BCUT2D eigenvalue weighted by molar-refractivity contribution is -0.118. The van der Waals surface area contributed by atoms with Gasteiger partial charge in [0.05, 0.1) is 16.1 Å². The Morgan fingerprint density at radius 3 is 2.39 bits per heavy atom. The third-order valence-electron chi connectivity index (χ3n) is 5.50. The zero-order valence-electron chi connectivity index (χ0n) is 17.0. The molecule has 0 aliphatic carbocycles. The average molecular weight is 478 g/mol. The summed E-state index contributed by atoms with van der Waals surface area (Å²) in [4.78, 5) is 29.7. The number of hydrogen-bond donors (Lipinski definition) is 2. The second kappa shape index (κ2) is 7.73. The van der Waals surface area contributed by atoms with Gasteiger partial charge in [0, 0.05) is 23.2 Å². The lowest BCUT2D eigenvalue weighted by Crippen LogP contribution is -2.35. The van der Waals surface area contributed by atoms with Crippen LogP contribution in [0.3, 0.4) is 0 Å². The molecule has 172 valence electrons. The standard InChI is InChI=1S/C21H17F3N4O4S/c1-11(14-9-10-26-16-4-2-3-15(25)17(14)16)18-19(29)28(20(30)27-18)12-5-7-13(8-6-12)33(31,32)21(22,23)24/h2-11,18H,25H2,1H3,(H,27,30). The molecule has 1 fully saturated rings. The number of nitrogens with one attached hydrogen (secondary N) is 1. The molecule has 0 spiro atoms. The van der Waals surface area contributed by atoms with E-state index in [-0.39, 0.29) is 5.69 Å². The highest BCUT2D eigenvalue weighted by atomic mass is 32.2. The Labute approximate surface area is 186 Å². The fraction of sp³-hybridized carbons (Fsp3) is 0.190. The normalized spacial score (nSPS) is 17.9. The molecule has 3 aromatic rings. The average Bonchev–Trinajstić information content (AvgIpc) is 3.06. The maximum absolute atomic E-state index is 13.1. The summed E-state index contributed by atoms with van der Waals surface area (Å²) in [6.45, 7) is 1.73. The van der Waals surface area contributed by atoms with Gasteiger partial charge in [-0.1, -0.05) is 13.0 Å². The smallest absolute Gasteiger partial charge is 0.398 e. The number of benzene rings is 2. The molecule has 0 saturated carbocycles. The summed E-state index contributed by atoms with van der Waals surface area (Å²) in [5.74, 6) is -1.16. The number of halogens is 3. The summed E-state index contributed by atoms with van der Waals surface area (Å²) in [5, 5.41) is 3.23. The second-order valence-electron chi connectivity index (χ2n) is 7.47. The van der Waals surface area contributed by atoms with Gasteiger partial charge in [0.1, 0.15) is 6.04 Å². The van der Waals surface area contributed by atoms with Gasteiger partial charge in [-0.15, -0.1) is 0 Å². The van der Waals surface area contributed by atoms with E-state index >= 15 is 0 Å². The zero-order chi connectivity index (χ0) is 24.1. The molecule has 3 amide bonds. The minimum atomic E-state index is -5.55. The summed E-state index contributed by atoms with van der Waals surface area (Å²) in [6, 6.07) is 8.48. The van der Waals surface area contributed by atoms with Gasteiger partial charge in [-0.05, 0) is 48.0 Å². The first-order chi connectivity index (χ1) is 15.4. The molecule has 0 bridgehead atoms. The Hall–Kier alpha value is -3.67. The molecule has 1 aliphatic heterocycles. The van der Waals surface area contributed by atoms with Gasteiger partial charge in [-0.3, -0.25) is 9.78 Å². The van der Waals surface area contributed by atoms with Crippen molar-refractivity contribution >= 4 is 44.1 Å². The molecule has 33 heavy (non-hydrogen) atoms. The van der Waals surface area contributed by atoms with Gasteiger partial charge in [0.25, 0.3) is 15.7 Å². The van der Waals surface area contributed by atoms with Crippen molar-refractivity contribution in [2.24, 2.45) is 0 Å². The highest BCUT2D eigenvalue weighted by Crippen LogP contribution is 2.35. The highest BCUT2D eigenvalue weighted by Gasteiger charge is 2.47. The van der Waals surface area contributed by atoms with Crippen molar-refractivity contribution in [2.75, 3.05) is 10.6 Å². The summed E-state index contributed by atoms with van der Waals surface area (Å²) < 4.78 is 61.4. The third kappa shape index (κ3) is 3.65. The molecule has 0 radical (unpaired) electrons. The Morgan fingerprint density at radius 2 is 1.76 bits per heavy atom. The predicted octanol–water partition coefficient (Wildman–Crippen LogP) is 3.34. The van der Waals surface area contributed by atoms with E-state index in [4.69, 9.17) is 5.73 Å². The van der Waals surface area contributed by atoms with Crippen molar-refractivity contribution < 1.29 is 31.2 Å². The Morgan fingerprint density at radius 1 is 1.09 bits per heavy atom. The van der Waals surface area contributed by atoms with E-state index in [0.29, 0.717) is 34.3 Å². The Balaban J connectivity index is 1.65. The molecule has 2 unspecified atom stereocenters. The SMILES string of the molecule is CC(c1ccnc2cccc(N)c12)C1NC(=O)N(c2ccc(S(=O)(=O)C(F)(F)F)cc2)C1=O. The fourth-order valence-corrected chi connectivity index (χ4v) is 4.57. The number of fused-ring (bicyclic) bond motifs is 1.